The average molecular weight is 245 g/mol. The minimum Gasteiger partial charge on any atom is -0.369 e. The lowest BCUT2D eigenvalue weighted by atomic mass is 10.3. The molecule has 0 aromatic carbocycles. The van der Waals surface area contributed by atoms with Gasteiger partial charge in [-0.05, 0) is 13.8 Å². The zero-order chi connectivity index (χ0) is 12.9. The molecule has 8 nitrogen and oxygen atoms in total. The Labute approximate surface area is 101 Å². The molecular formula is C10H11N7O. The van der Waals surface area contributed by atoms with Gasteiger partial charge in [-0.15, -0.1) is 0 Å². The summed E-state index contributed by atoms with van der Waals surface area (Å²) in [4.78, 5) is 23.1. The van der Waals surface area contributed by atoms with Gasteiger partial charge in [-0.3, -0.25) is 9.89 Å². The molecule has 3 aromatic rings. The summed E-state index contributed by atoms with van der Waals surface area (Å²) < 4.78 is 1.33. The largest absolute Gasteiger partial charge is 0.369 e. The number of rotatable bonds is 1. The van der Waals surface area contributed by atoms with E-state index in [1.54, 1.807) is 6.92 Å². The Hall–Kier alpha value is -2.64. The molecule has 4 N–H and O–H groups in total. The van der Waals surface area contributed by atoms with Gasteiger partial charge in [0.15, 0.2) is 11.2 Å². The average Bonchev–Trinajstić information content (AvgIpc) is 2.89. The molecule has 8 heteroatoms. The van der Waals surface area contributed by atoms with E-state index in [2.05, 4.69) is 25.1 Å². The first-order valence-electron chi connectivity index (χ1n) is 5.33. The third-order valence-electron chi connectivity index (χ3n) is 2.80. The van der Waals surface area contributed by atoms with Crippen LogP contribution < -0.4 is 11.3 Å². The standard InChI is InChI=1S/C10H11N7O/c1-4-7(5(2)16-15-4)17-9(18)6-8(13-3-12-6)14-10(17)11/h3H,1-2H3,(H2,11,14)(H,12,13)(H,15,16). The minimum absolute atomic E-state index is 0.0900. The maximum atomic E-state index is 12.3. The zero-order valence-electron chi connectivity index (χ0n) is 9.85. The van der Waals surface area contributed by atoms with Gasteiger partial charge in [0.05, 0.1) is 23.4 Å². The number of hydrogen-bond acceptors (Lipinski definition) is 5. The fourth-order valence-electron chi connectivity index (χ4n) is 1.99. The molecule has 18 heavy (non-hydrogen) atoms. The van der Waals surface area contributed by atoms with E-state index in [0.29, 0.717) is 22.5 Å². The maximum Gasteiger partial charge on any atom is 0.285 e. The summed E-state index contributed by atoms with van der Waals surface area (Å²) >= 11 is 0. The van der Waals surface area contributed by atoms with Crippen LogP contribution in [0.25, 0.3) is 16.9 Å². The van der Waals surface area contributed by atoms with Gasteiger partial charge < -0.3 is 10.7 Å². The molecule has 3 heterocycles. The van der Waals surface area contributed by atoms with Crippen molar-refractivity contribution in [3.63, 3.8) is 0 Å². The number of fused-ring (bicyclic) bond motifs is 1. The van der Waals surface area contributed by atoms with Crippen LogP contribution in [0.4, 0.5) is 5.95 Å². The van der Waals surface area contributed by atoms with Gasteiger partial charge in [-0.25, -0.2) is 9.55 Å². The van der Waals surface area contributed by atoms with E-state index in [-0.39, 0.29) is 11.5 Å². The van der Waals surface area contributed by atoms with Crippen molar-refractivity contribution < 1.29 is 0 Å². The molecule has 0 unspecified atom stereocenters. The zero-order valence-corrected chi connectivity index (χ0v) is 9.85. The molecule has 0 saturated carbocycles. The quantitative estimate of drug-likeness (QED) is 0.559. The van der Waals surface area contributed by atoms with E-state index in [1.165, 1.54) is 10.9 Å². The first-order chi connectivity index (χ1) is 8.59. The number of anilines is 1. The van der Waals surface area contributed by atoms with Crippen LogP contribution in [0.1, 0.15) is 11.4 Å². The number of nitrogens with zero attached hydrogens (tertiary/aromatic N) is 4. The molecular weight excluding hydrogens is 234 g/mol. The van der Waals surface area contributed by atoms with Crippen molar-refractivity contribution >= 4 is 17.1 Å². The van der Waals surface area contributed by atoms with Gasteiger partial charge in [0, 0.05) is 0 Å². The number of aromatic amines is 2. The highest BCUT2D eigenvalue weighted by molar-refractivity contribution is 5.71. The second-order valence-corrected chi connectivity index (χ2v) is 3.99. The maximum absolute atomic E-state index is 12.3. The van der Waals surface area contributed by atoms with Crippen LogP contribution in [0.5, 0.6) is 0 Å². The van der Waals surface area contributed by atoms with Crippen molar-refractivity contribution in [1.29, 1.82) is 0 Å². The Kier molecular flexibility index (Phi) is 2.00. The van der Waals surface area contributed by atoms with E-state index in [9.17, 15) is 4.79 Å². The molecule has 0 saturated heterocycles. The molecule has 3 rings (SSSR count). The predicted octanol–water partition coefficient (Wildman–Crippen LogP) is 0.0309. The Morgan fingerprint density at radius 3 is 2.83 bits per heavy atom. The van der Waals surface area contributed by atoms with Gasteiger partial charge in [-0.1, -0.05) is 0 Å². The summed E-state index contributed by atoms with van der Waals surface area (Å²) in [6.45, 7) is 3.61. The van der Waals surface area contributed by atoms with E-state index in [1.807, 2.05) is 6.92 Å². The SMILES string of the molecule is Cc1n[nH]c(C)c1-n1c(N)nc2nc[nH]c2c1=O. The fraction of sp³-hybridized carbons (Fsp3) is 0.200. The van der Waals surface area contributed by atoms with Crippen LogP contribution in [-0.2, 0) is 0 Å². The number of aromatic nitrogens is 6. The topological polar surface area (TPSA) is 118 Å². The van der Waals surface area contributed by atoms with E-state index < -0.39 is 0 Å². The Morgan fingerprint density at radius 2 is 2.17 bits per heavy atom. The van der Waals surface area contributed by atoms with Crippen molar-refractivity contribution in [3.05, 3.63) is 28.1 Å². The number of imidazole rings is 1. The normalized spacial score (nSPS) is 11.2. The van der Waals surface area contributed by atoms with Crippen LogP contribution >= 0.6 is 0 Å². The molecule has 0 aliphatic rings. The number of nitrogen functional groups attached to an aromatic ring is 1. The van der Waals surface area contributed by atoms with Gasteiger partial charge in [0.2, 0.25) is 5.95 Å². The summed E-state index contributed by atoms with van der Waals surface area (Å²) in [7, 11) is 0. The minimum atomic E-state index is -0.289. The molecule has 0 fully saturated rings. The van der Waals surface area contributed by atoms with Crippen LogP contribution in [0.15, 0.2) is 11.1 Å². The van der Waals surface area contributed by atoms with Gasteiger partial charge in [0.1, 0.15) is 0 Å². The highest BCUT2D eigenvalue weighted by Crippen LogP contribution is 2.17. The number of aryl methyl sites for hydroxylation is 2. The number of H-pyrrole nitrogens is 2. The third-order valence-corrected chi connectivity index (χ3v) is 2.80. The Bertz CT molecular complexity index is 775. The summed E-state index contributed by atoms with van der Waals surface area (Å²) in [6, 6.07) is 0. The summed E-state index contributed by atoms with van der Waals surface area (Å²) in [6.07, 6.45) is 1.41. The van der Waals surface area contributed by atoms with Crippen molar-refractivity contribution in [2.45, 2.75) is 13.8 Å². The second-order valence-electron chi connectivity index (χ2n) is 3.99. The molecule has 92 valence electrons. The van der Waals surface area contributed by atoms with E-state index >= 15 is 0 Å². The molecule has 0 radical (unpaired) electrons. The first-order valence-corrected chi connectivity index (χ1v) is 5.33. The lowest BCUT2D eigenvalue weighted by Gasteiger charge is -2.08. The number of nitrogens with one attached hydrogen (secondary N) is 2. The first kappa shape index (κ1) is 10.5. The highest BCUT2D eigenvalue weighted by atomic mass is 16.1. The summed E-state index contributed by atoms with van der Waals surface area (Å²) in [5, 5.41) is 6.86. The third kappa shape index (κ3) is 1.25. The van der Waals surface area contributed by atoms with Crippen LogP contribution in [0, 0.1) is 13.8 Å². The van der Waals surface area contributed by atoms with Crippen LogP contribution in [0.2, 0.25) is 0 Å². The molecule has 0 aliphatic carbocycles. The van der Waals surface area contributed by atoms with E-state index in [0.717, 1.165) is 5.69 Å². The molecule has 0 atom stereocenters. The van der Waals surface area contributed by atoms with Gasteiger partial charge >= 0.3 is 0 Å². The van der Waals surface area contributed by atoms with Crippen molar-refractivity contribution in [3.8, 4) is 5.69 Å². The van der Waals surface area contributed by atoms with Crippen LogP contribution in [-0.4, -0.2) is 29.7 Å². The van der Waals surface area contributed by atoms with Crippen molar-refractivity contribution in [2.24, 2.45) is 0 Å². The molecule has 0 bridgehead atoms. The lowest BCUT2D eigenvalue weighted by Crippen LogP contribution is -2.24. The van der Waals surface area contributed by atoms with Crippen LogP contribution in [0.3, 0.4) is 0 Å². The van der Waals surface area contributed by atoms with Gasteiger partial charge in [0.25, 0.3) is 5.56 Å². The fourth-order valence-corrected chi connectivity index (χ4v) is 1.99. The highest BCUT2D eigenvalue weighted by Gasteiger charge is 2.17. The molecule has 0 amide bonds. The molecule has 0 aliphatic heterocycles. The predicted molar refractivity (Wildman–Crippen MR) is 65.5 cm³/mol. The van der Waals surface area contributed by atoms with Crippen molar-refractivity contribution in [2.75, 3.05) is 5.73 Å². The van der Waals surface area contributed by atoms with Crippen molar-refractivity contribution in [1.82, 2.24) is 29.7 Å². The van der Waals surface area contributed by atoms with E-state index in [4.69, 9.17) is 5.73 Å². The summed E-state index contributed by atoms with van der Waals surface area (Å²) in [5.74, 6) is 0.0900. The number of hydrogen-bond donors (Lipinski definition) is 3. The Morgan fingerprint density at radius 1 is 1.39 bits per heavy atom. The molecule has 3 aromatic heterocycles. The lowest BCUT2D eigenvalue weighted by molar-refractivity contribution is 0.957. The monoisotopic (exact) mass is 245 g/mol. The summed E-state index contributed by atoms with van der Waals surface area (Å²) in [5.41, 5.74) is 8.24. The smallest absolute Gasteiger partial charge is 0.285 e. The number of nitrogens with two attached hydrogens (primary N) is 1. The Balaban J connectivity index is 2.46. The van der Waals surface area contributed by atoms with Gasteiger partial charge in [-0.2, -0.15) is 10.1 Å². The molecule has 0 spiro atoms. The second kappa shape index (κ2) is 3.42.